The predicted octanol–water partition coefficient (Wildman–Crippen LogP) is 6.37. The number of fused-ring (bicyclic) bond motifs is 2. The summed E-state index contributed by atoms with van der Waals surface area (Å²) in [6.45, 7) is 1.53. The molecule has 2 aromatic rings. The minimum atomic E-state index is -6.18. The van der Waals surface area contributed by atoms with Crippen LogP contribution in [0.15, 0.2) is 12.1 Å². The van der Waals surface area contributed by atoms with Crippen molar-refractivity contribution in [1.29, 1.82) is 0 Å². The number of hydrogen-bond acceptors (Lipinski definition) is 6. The number of rotatable bonds is 5. The predicted molar refractivity (Wildman–Crippen MR) is 122 cm³/mol. The number of benzene rings is 1. The maximum atomic E-state index is 13.5. The average molecular weight is 591 g/mol. The molecule has 37 heavy (non-hydrogen) atoms. The largest absolute Gasteiger partial charge is 0.461 e. The number of esters is 1. The van der Waals surface area contributed by atoms with E-state index in [9.17, 15) is 41.0 Å². The van der Waals surface area contributed by atoms with E-state index in [0.29, 0.717) is 17.4 Å². The van der Waals surface area contributed by atoms with Crippen LogP contribution in [0.4, 0.5) is 26.3 Å². The molecule has 1 amide bonds. The van der Waals surface area contributed by atoms with Crippen LogP contribution in [0.3, 0.4) is 0 Å². The smallest absolute Gasteiger partial charge is 0.430 e. The fourth-order valence-corrected chi connectivity index (χ4v) is 6.36. The van der Waals surface area contributed by atoms with Crippen LogP contribution in [-0.4, -0.2) is 57.9 Å². The zero-order valence-corrected chi connectivity index (χ0v) is 21.2. The molecule has 2 aliphatic heterocycles. The second-order valence-corrected chi connectivity index (χ2v) is 10.3. The number of hydrogen-bond donors (Lipinski definition) is 1. The molecule has 3 heterocycles. The van der Waals surface area contributed by atoms with Crippen molar-refractivity contribution in [3.05, 3.63) is 38.4 Å². The summed E-state index contributed by atoms with van der Waals surface area (Å²) in [5.41, 5.74) is -7.52. The first kappa shape index (κ1) is 27.9. The lowest BCUT2D eigenvalue weighted by Crippen LogP contribution is -2.54. The van der Waals surface area contributed by atoms with Crippen LogP contribution in [-0.2, 0) is 10.3 Å². The van der Waals surface area contributed by atoms with E-state index >= 15 is 0 Å². The second kappa shape index (κ2) is 9.58. The van der Waals surface area contributed by atoms with Gasteiger partial charge in [-0.3, -0.25) is 4.79 Å². The number of aliphatic hydroxyl groups is 1. The molecule has 2 fully saturated rings. The number of ether oxygens (including phenoxy) is 1. The van der Waals surface area contributed by atoms with Crippen molar-refractivity contribution in [3.8, 4) is 10.4 Å². The van der Waals surface area contributed by atoms with Gasteiger partial charge in [0, 0.05) is 23.2 Å². The lowest BCUT2D eigenvalue weighted by molar-refractivity contribution is -0.376. The Kier molecular flexibility index (Phi) is 7.23. The van der Waals surface area contributed by atoms with Gasteiger partial charge in [0.25, 0.3) is 11.5 Å². The number of carbonyl (C=O) groups is 2. The first-order valence-corrected chi connectivity index (χ1v) is 12.6. The van der Waals surface area contributed by atoms with Gasteiger partial charge in [-0.05, 0) is 32.6 Å². The van der Waals surface area contributed by atoms with Crippen LogP contribution in [0.25, 0.3) is 10.4 Å². The van der Waals surface area contributed by atoms with E-state index in [1.165, 1.54) is 6.92 Å². The SMILES string of the molecule is CCOC(=O)c1nc(C(=O)N2C3CCC2CC3)c(-c2ccc(C(O)(C(F)(F)F)C(F)(F)F)c(Cl)c2Cl)s1. The summed E-state index contributed by atoms with van der Waals surface area (Å²) in [5.74, 6) is -1.43. The number of amides is 1. The molecule has 0 radical (unpaired) electrons. The maximum Gasteiger partial charge on any atom is 0.430 e. The van der Waals surface area contributed by atoms with Crippen LogP contribution in [0.2, 0.25) is 10.0 Å². The van der Waals surface area contributed by atoms with Gasteiger partial charge in [0.05, 0.1) is 21.5 Å². The van der Waals surface area contributed by atoms with Crippen molar-refractivity contribution in [1.82, 2.24) is 9.88 Å². The quantitative estimate of drug-likeness (QED) is 0.323. The standard InChI is InChI=1S/C22H18Cl2F6N2O4S/c1-2-36-19(34)17-31-15(18(33)32-9-3-4-10(32)6-5-9)16(37-17)11-7-8-12(14(24)13(11)23)20(35,21(25,26)27)22(28,29)30/h7-10,35H,2-6H2,1H3. The normalized spacial score (nSPS) is 20.0. The van der Waals surface area contributed by atoms with Crippen molar-refractivity contribution in [2.45, 2.75) is 62.6 Å². The van der Waals surface area contributed by atoms with Crippen LogP contribution < -0.4 is 0 Å². The van der Waals surface area contributed by atoms with Crippen LogP contribution in [0, 0.1) is 0 Å². The summed E-state index contributed by atoms with van der Waals surface area (Å²) < 4.78 is 85.5. The van der Waals surface area contributed by atoms with Gasteiger partial charge in [0.2, 0.25) is 5.01 Å². The van der Waals surface area contributed by atoms with Crippen molar-refractivity contribution >= 4 is 46.4 Å². The Morgan fingerprint density at radius 1 is 1.05 bits per heavy atom. The summed E-state index contributed by atoms with van der Waals surface area (Å²) in [5, 5.41) is 7.52. The van der Waals surface area contributed by atoms with E-state index in [4.69, 9.17) is 27.9 Å². The fourth-order valence-electron chi connectivity index (χ4n) is 4.76. The van der Waals surface area contributed by atoms with Crippen molar-refractivity contribution in [3.63, 3.8) is 0 Å². The molecule has 15 heteroatoms. The van der Waals surface area contributed by atoms with E-state index < -0.39 is 45.4 Å². The second-order valence-electron chi connectivity index (χ2n) is 8.59. The number of aromatic nitrogens is 1. The Labute approximate surface area is 220 Å². The van der Waals surface area contributed by atoms with E-state index in [2.05, 4.69) is 4.98 Å². The number of thiazole rings is 1. The Morgan fingerprint density at radius 3 is 2.08 bits per heavy atom. The maximum absolute atomic E-state index is 13.5. The van der Waals surface area contributed by atoms with Crippen molar-refractivity contribution < 1.29 is 45.8 Å². The van der Waals surface area contributed by atoms with Gasteiger partial charge in [0.15, 0.2) is 0 Å². The Morgan fingerprint density at radius 2 is 1.59 bits per heavy atom. The highest BCUT2D eigenvalue weighted by Gasteiger charge is 2.72. The summed E-state index contributed by atoms with van der Waals surface area (Å²) in [7, 11) is 0. The molecule has 6 nitrogen and oxygen atoms in total. The molecule has 1 N–H and O–H groups in total. The molecule has 202 valence electrons. The molecule has 0 unspecified atom stereocenters. The number of halogens is 8. The highest BCUT2D eigenvalue weighted by molar-refractivity contribution is 7.17. The highest BCUT2D eigenvalue weighted by Crippen LogP contribution is 2.54. The van der Waals surface area contributed by atoms with Gasteiger partial charge in [-0.25, -0.2) is 9.78 Å². The molecule has 0 aliphatic carbocycles. The molecule has 2 bridgehead atoms. The molecule has 2 aliphatic rings. The Hall–Kier alpha value is -2.09. The van der Waals surface area contributed by atoms with Gasteiger partial charge >= 0.3 is 18.3 Å². The van der Waals surface area contributed by atoms with Gasteiger partial charge in [-0.1, -0.05) is 35.3 Å². The third kappa shape index (κ3) is 4.47. The van der Waals surface area contributed by atoms with Crippen molar-refractivity contribution in [2.75, 3.05) is 6.61 Å². The van der Waals surface area contributed by atoms with Crippen LogP contribution >= 0.6 is 34.5 Å². The highest BCUT2D eigenvalue weighted by atomic mass is 35.5. The summed E-state index contributed by atoms with van der Waals surface area (Å²) in [6.07, 6.45) is -9.27. The Balaban J connectivity index is 1.87. The molecule has 1 aromatic heterocycles. The fraction of sp³-hybridized carbons (Fsp3) is 0.500. The Bertz CT molecular complexity index is 1210. The molecular formula is C22H18Cl2F6N2O4S. The number of carbonyl (C=O) groups excluding carboxylic acids is 2. The lowest BCUT2D eigenvalue weighted by atomic mass is 9.91. The van der Waals surface area contributed by atoms with Gasteiger partial charge in [0.1, 0.15) is 5.69 Å². The van der Waals surface area contributed by atoms with E-state index in [1.54, 1.807) is 4.90 Å². The summed E-state index contributed by atoms with van der Waals surface area (Å²) >= 11 is 12.7. The molecule has 0 atom stereocenters. The average Bonchev–Trinajstić information content (AvgIpc) is 3.53. The first-order chi connectivity index (χ1) is 17.1. The van der Waals surface area contributed by atoms with E-state index in [-0.39, 0.29) is 39.8 Å². The summed E-state index contributed by atoms with van der Waals surface area (Å²) in [4.78, 5) is 31.5. The summed E-state index contributed by atoms with van der Waals surface area (Å²) in [6, 6.07) is 1.01. The topological polar surface area (TPSA) is 79.7 Å². The van der Waals surface area contributed by atoms with Crippen molar-refractivity contribution in [2.24, 2.45) is 0 Å². The third-order valence-electron chi connectivity index (χ3n) is 6.50. The molecule has 0 spiro atoms. The minimum Gasteiger partial charge on any atom is -0.461 e. The molecular weight excluding hydrogens is 573 g/mol. The van der Waals surface area contributed by atoms with Crippen LogP contribution in [0.5, 0.6) is 0 Å². The van der Waals surface area contributed by atoms with E-state index in [0.717, 1.165) is 31.7 Å². The zero-order valence-electron chi connectivity index (χ0n) is 18.8. The minimum absolute atomic E-state index is 0.0119. The lowest BCUT2D eigenvalue weighted by Gasteiger charge is -2.33. The first-order valence-electron chi connectivity index (χ1n) is 11.0. The monoisotopic (exact) mass is 590 g/mol. The van der Waals surface area contributed by atoms with Crippen LogP contribution in [0.1, 0.15) is 58.5 Å². The molecule has 1 aromatic carbocycles. The van der Waals surface area contributed by atoms with Gasteiger partial charge < -0.3 is 14.7 Å². The van der Waals surface area contributed by atoms with Gasteiger partial charge in [-0.2, -0.15) is 26.3 Å². The third-order valence-corrected chi connectivity index (χ3v) is 8.46. The molecule has 2 saturated heterocycles. The number of nitrogens with zero attached hydrogens (tertiary/aromatic N) is 2. The van der Waals surface area contributed by atoms with E-state index in [1.807, 2.05) is 0 Å². The number of alkyl halides is 6. The van der Waals surface area contributed by atoms with Gasteiger partial charge in [-0.15, -0.1) is 11.3 Å². The molecule has 0 saturated carbocycles. The molecule has 4 rings (SSSR count). The zero-order chi connectivity index (χ0) is 27.5.